The molecule has 7 rings (SSSR count). The van der Waals surface area contributed by atoms with Gasteiger partial charge in [0.15, 0.2) is 0 Å². The number of nitrogens with two attached hydrogens (primary N) is 1. The maximum Gasteiger partial charge on any atom is 0.393 e. The summed E-state index contributed by atoms with van der Waals surface area (Å²) < 4.78 is 41.3. The third kappa shape index (κ3) is 6.42. The van der Waals surface area contributed by atoms with Crippen molar-refractivity contribution in [1.82, 2.24) is 19.4 Å². The van der Waals surface area contributed by atoms with Gasteiger partial charge in [-0.1, -0.05) is 12.1 Å². The molecule has 4 heterocycles. The predicted octanol–water partition coefficient (Wildman–Crippen LogP) is 6.91. The van der Waals surface area contributed by atoms with Gasteiger partial charge in [-0.25, -0.2) is 9.97 Å². The molecule has 46 heavy (non-hydrogen) atoms. The molecule has 4 aromatic rings. The number of hydrogen-bond acceptors (Lipinski definition) is 6. The Morgan fingerprint density at radius 3 is 2.43 bits per heavy atom. The maximum absolute atomic E-state index is 13.0. The van der Waals surface area contributed by atoms with Crippen molar-refractivity contribution in [3.05, 3.63) is 65.1 Å². The van der Waals surface area contributed by atoms with Gasteiger partial charge in [0.05, 0.1) is 11.9 Å². The van der Waals surface area contributed by atoms with Gasteiger partial charge in [-0.15, -0.1) is 12.4 Å². The first-order valence-electron chi connectivity index (χ1n) is 16.1. The lowest BCUT2D eigenvalue weighted by atomic mass is 9.72. The van der Waals surface area contributed by atoms with E-state index in [1.165, 1.54) is 28.9 Å². The van der Waals surface area contributed by atoms with Gasteiger partial charge in [0.2, 0.25) is 0 Å². The predicted molar refractivity (Wildman–Crippen MR) is 177 cm³/mol. The SMILES string of the molecule is Cc1c(CN2CCC3(CC2)CN(c2ncnc4ccc(CC(F)(F)F)cc24)C3)ccc2c1cc(C#N)n2C[C@H]1CC[C@H](N)CC1.Cl. The monoisotopic (exact) mass is 651 g/mol. The largest absolute Gasteiger partial charge is 0.393 e. The fourth-order valence-electron chi connectivity index (χ4n) is 7.95. The molecule has 2 aromatic heterocycles. The van der Waals surface area contributed by atoms with Crippen molar-refractivity contribution in [2.45, 2.75) is 77.2 Å². The molecule has 2 aliphatic heterocycles. The molecule has 0 radical (unpaired) electrons. The van der Waals surface area contributed by atoms with Crippen LogP contribution in [0.5, 0.6) is 0 Å². The van der Waals surface area contributed by atoms with Gasteiger partial charge < -0.3 is 15.2 Å². The molecule has 3 aliphatic rings. The number of piperidine rings is 1. The summed E-state index contributed by atoms with van der Waals surface area (Å²) >= 11 is 0. The van der Waals surface area contributed by atoms with Gasteiger partial charge in [0.1, 0.15) is 23.9 Å². The molecule has 2 aromatic carbocycles. The number of aryl methyl sites for hydroxylation is 1. The Balaban J connectivity index is 0.00000372. The van der Waals surface area contributed by atoms with Crippen molar-refractivity contribution < 1.29 is 13.2 Å². The summed E-state index contributed by atoms with van der Waals surface area (Å²) in [6.07, 6.45) is 2.82. The van der Waals surface area contributed by atoms with Crippen molar-refractivity contribution in [3.8, 4) is 6.07 Å². The number of nitrogens with zero attached hydrogens (tertiary/aromatic N) is 6. The second kappa shape index (κ2) is 12.7. The second-order valence-corrected chi connectivity index (χ2v) is 13.8. The number of hydrogen-bond donors (Lipinski definition) is 1. The molecule has 1 aliphatic carbocycles. The third-order valence-corrected chi connectivity index (χ3v) is 10.7. The van der Waals surface area contributed by atoms with Gasteiger partial charge in [-0.05, 0) is 105 Å². The van der Waals surface area contributed by atoms with Crippen molar-refractivity contribution in [2.75, 3.05) is 31.1 Å². The Morgan fingerprint density at radius 2 is 1.74 bits per heavy atom. The van der Waals surface area contributed by atoms with Crippen LogP contribution in [-0.4, -0.2) is 57.8 Å². The van der Waals surface area contributed by atoms with E-state index in [-0.39, 0.29) is 23.4 Å². The lowest BCUT2D eigenvalue weighted by Gasteiger charge is -2.54. The van der Waals surface area contributed by atoms with E-state index >= 15 is 0 Å². The molecule has 0 atom stereocenters. The molecule has 2 N–H and O–H groups in total. The van der Waals surface area contributed by atoms with Crippen molar-refractivity contribution in [2.24, 2.45) is 17.1 Å². The van der Waals surface area contributed by atoms with E-state index in [9.17, 15) is 18.4 Å². The number of aromatic nitrogens is 3. The average Bonchev–Trinajstić information content (AvgIpc) is 3.36. The molecule has 0 bridgehead atoms. The summed E-state index contributed by atoms with van der Waals surface area (Å²) in [6, 6.07) is 14.0. The Hall–Kier alpha value is -3.39. The Labute approximate surface area is 274 Å². The van der Waals surface area contributed by atoms with E-state index in [1.54, 1.807) is 12.1 Å². The van der Waals surface area contributed by atoms with Gasteiger partial charge >= 0.3 is 6.18 Å². The fraction of sp³-hybridized carbons (Fsp3) is 0.514. The molecular formula is C35H41ClF3N7. The van der Waals surface area contributed by atoms with Crippen LogP contribution in [0.25, 0.3) is 21.8 Å². The lowest BCUT2D eigenvalue weighted by Crippen LogP contribution is -2.60. The Morgan fingerprint density at radius 1 is 1.00 bits per heavy atom. The van der Waals surface area contributed by atoms with Crippen LogP contribution in [-0.2, 0) is 19.5 Å². The van der Waals surface area contributed by atoms with E-state index in [2.05, 4.69) is 55.5 Å². The third-order valence-electron chi connectivity index (χ3n) is 10.7. The summed E-state index contributed by atoms with van der Waals surface area (Å²) in [6.45, 7) is 7.66. The fourth-order valence-corrected chi connectivity index (χ4v) is 7.95. The highest BCUT2D eigenvalue weighted by Crippen LogP contribution is 2.44. The normalized spacial score (nSPS) is 21.7. The Bertz CT molecular complexity index is 1750. The molecule has 1 saturated carbocycles. The zero-order chi connectivity index (χ0) is 31.3. The van der Waals surface area contributed by atoms with Crippen LogP contribution in [0, 0.1) is 29.6 Å². The summed E-state index contributed by atoms with van der Waals surface area (Å²) in [4.78, 5) is 13.5. The number of likely N-dealkylation sites (tertiary alicyclic amines) is 1. The first-order chi connectivity index (χ1) is 21.6. The van der Waals surface area contributed by atoms with Crippen LogP contribution in [0.3, 0.4) is 0 Å². The molecule has 2 saturated heterocycles. The van der Waals surface area contributed by atoms with Crippen LogP contribution in [0.4, 0.5) is 19.0 Å². The molecule has 0 unspecified atom stereocenters. The van der Waals surface area contributed by atoms with Crippen LogP contribution in [0.2, 0.25) is 0 Å². The van der Waals surface area contributed by atoms with Gasteiger partial charge in [-0.3, -0.25) is 4.90 Å². The van der Waals surface area contributed by atoms with Gasteiger partial charge in [-0.2, -0.15) is 18.4 Å². The Kier molecular flexibility index (Phi) is 8.96. The van der Waals surface area contributed by atoms with E-state index in [4.69, 9.17) is 5.73 Å². The number of rotatable bonds is 6. The second-order valence-electron chi connectivity index (χ2n) is 13.8. The van der Waals surface area contributed by atoms with Crippen molar-refractivity contribution in [1.29, 1.82) is 5.26 Å². The van der Waals surface area contributed by atoms with E-state index < -0.39 is 12.6 Å². The van der Waals surface area contributed by atoms with E-state index in [0.29, 0.717) is 22.9 Å². The minimum atomic E-state index is -4.25. The number of anilines is 1. The molecule has 0 amide bonds. The molecule has 7 nitrogen and oxygen atoms in total. The highest BCUT2D eigenvalue weighted by Gasteiger charge is 2.45. The minimum Gasteiger partial charge on any atom is -0.355 e. The summed E-state index contributed by atoms with van der Waals surface area (Å²) in [5.41, 5.74) is 11.7. The minimum absolute atomic E-state index is 0. The highest BCUT2D eigenvalue weighted by atomic mass is 35.5. The zero-order valence-electron chi connectivity index (χ0n) is 26.2. The topological polar surface area (TPSA) is 87.0 Å². The molecule has 11 heteroatoms. The summed E-state index contributed by atoms with van der Waals surface area (Å²) in [5.74, 6) is 1.30. The zero-order valence-corrected chi connectivity index (χ0v) is 27.0. The van der Waals surface area contributed by atoms with E-state index in [0.717, 1.165) is 94.8 Å². The number of halogens is 4. The van der Waals surface area contributed by atoms with E-state index in [1.807, 2.05) is 0 Å². The summed E-state index contributed by atoms with van der Waals surface area (Å²) in [7, 11) is 0. The number of alkyl halides is 3. The maximum atomic E-state index is 13.0. The van der Waals surface area contributed by atoms with Crippen molar-refractivity contribution >= 4 is 40.0 Å². The van der Waals surface area contributed by atoms with Crippen molar-refractivity contribution in [3.63, 3.8) is 0 Å². The molecule has 1 spiro atoms. The standard InChI is InChI=1S/C35H40F3N7.ClH/c1-23-26(5-9-32-29(23)15-28(17-39)45(32)18-24-2-6-27(40)7-3-24)19-43-12-10-34(11-13-43)20-44(21-34)33-30-14-25(16-35(36,37)38)4-8-31(30)41-22-42-33;/h4-5,8-9,14-15,22,24,27H,2-3,6-7,10-13,16,18-21,40H2,1H3;1H/t24-,27-;. The smallest absolute Gasteiger partial charge is 0.355 e. The first-order valence-corrected chi connectivity index (χ1v) is 16.1. The highest BCUT2D eigenvalue weighted by molar-refractivity contribution is 5.90. The van der Waals surface area contributed by atoms with Crippen LogP contribution >= 0.6 is 12.4 Å². The van der Waals surface area contributed by atoms with Crippen LogP contribution < -0.4 is 10.6 Å². The first kappa shape index (κ1) is 32.5. The number of fused-ring (bicyclic) bond motifs is 2. The van der Waals surface area contributed by atoms with Crippen LogP contribution in [0.1, 0.15) is 60.9 Å². The van der Waals surface area contributed by atoms with Gasteiger partial charge in [0.25, 0.3) is 0 Å². The number of benzene rings is 2. The molecule has 3 fully saturated rings. The molecule has 244 valence electrons. The molecular weight excluding hydrogens is 611 g/mol. The lowest BCUT2D eigenvalue weighted by molar-refractivity contribution is -0.127. The van der Waals surface area contributed by atoms with Crippen LogP contribution in [0.15, 0.2) is 42.7 Å². The average molecular weight is 652 g/mol. The quantitative estimate of drug-likeness (QED) is 0.244. The number of nitriles is 1. The summed E-state index contributed by atoms with van der Waals surface area (Å²) in [5, 5.41) is 11.8. The van der Waals surface area contributed by atoms with Gasteiger partial charge in [0, 0.05) is 53.9 Å².